The Labute approximate surface area is 202 Å². The second-order valence-corrected chi connectivity index (χ2v) is 8.90. The smallest absolute Gasteiger partial charge is 0.230 e. The van der Waals surface area contributed by atoms with Crippen LogP contribution in [-0.2, 0) is 9.53 Å². The van der Waals surface area contributed by atoms with Crippen molar-refractivity contribution in [2.45, 2.75) is 39.5 Å². The highest BCUT2D eigenvalue weighted by molar-refractivity contribution is 5.83. The summed E-state index contributed by atoms with van der Waals surface area (Å²) in [5.74, 6) is 1.46. The number of nitrogens with zero attached hydrogens (tertiary/aromatic N) is 7. The van der Waals surface area contributed by atoms with E-state index in [4.69, 9.17) is 4.74 Å². The molecule has 184 valence electrons. The molecule has 0 bridgehead atoms. The van der Waals surface area contributed by atoms with Crippen LogP contribution in [0, 0.1) is 11.8 Å². The summed E-state index contributed by atoms with van der Waals surface area (Å²) in [6.07, 6.45) is 10.8. The lowest BCUT2D eigenvalue weighted by molar-refractivity contribution is -0.131. The first-order valence-corrected chi connectivity index (χ1v) is 11.9. The Hall–Kier alpha value is -2.91. The summed E-state index contributed by atoms with van der Waals surface area (Å²) in [5.41, 5.74) is 2.92. The number of likely N-dealkylation sites (tertiary alicyclic amines) is 2. The molecular formula is C25H37N7O2. The molecule has 1 unspecified atom stereocenters. The summed E-state index contributed by atoms with van der Waals surface area (Å²) < 4.78 is 6.87. The highest BCUT2D eigenvalue weighted by atomic mass is 16.5. The topological polar surface area (TPSA) is 88.7 Å². The third-order valence-corrected chi connectivity index (χ3v) is 6.79. The van der Waals surface area contributed by atoms with Crippen LogP contribution in [0.3, 0.4) is 0 Å². The number of ether oxygens (including phenoxy) is 1. The molecule has 0 spiro atoms. The van der Waals surface area contributed by atoms with E-state index in [1.54, 1.807) is 19.4 Å². The number of tetrazole rings is 1. The van der Waals surface area contributed by atoms with Crippen molar-refractivity contribution in [3.05, 3.63) is 48.5 Å². The van der Waals surface area contributed by atoms with Crippen molar-refractivity contribution in [1.29, 1.82) is 0 Å². The highest BCUT2D eigenvalue weighted by Crippen LogP contribution is 2.35. The number of rotatable bonds is 11. The monoisotopic (exact) mass is 467 g/mol. The SMILES string of the molecule is C=C/C(C)=C(\COC)N1CCC(C2CCN(CCC(=C)C=N/C(=C\C)n3cnnn3)CC2)C1=O. The Kier molecular flexibility index (Phi) is 9.47. The van der Waals surface area contributed by atoms with Crippen molar-refractivity contribution in [3.63, 3.8) is 0 Å². The number of allylic oxidation sites excluding steroid dienone is 3. The number of hydrogen-bond acceptors (Lipinski definition) is 7. The first kappa shape index (κ1) is 25.7. The average Bonchev–Trinajstić information content (AvgIpc) is 3.52. The van der Waals surface area contributed by atoms with Crippen molar-refractivity contribution < 1.29 is 9.53 Å². The molecule has 2 saturated heterocycles. The first-order valence-electron chi connectivity index (χ1n) is 11.9. The van der Waals surface area contributed by atoms with Crippen molar-refractivity contribution in [2.75, 3.05) is 39.9 Å². The number of amides is 1. The molecule has 9 heteroatoms. The van der Waals surface area contributed by atoms with E-state index >= 15 is 0 Å². The number of aliphatic imine (C=N–C) groups is 1. The Morgan fingerprint density at radius 3 is 2.68 bits per heavy atom. The van der Waals surface area contributed by atoms with Crippen LogP contribution in [0.25, 0.3) is 5.82 Å². The van der Waals surface area contributed by atoms with Gasteiger partial charge in [0.15, 0.2) is 5.82 Å². The minimum absolute atomic E-state index is 0.110. The van der Waals surface area contributed by atoms with Crippen LogP contribution >= 0.6 is 0 Å². The fourth-order valence-corrected chi connectivity index (χ4v) is 4.70. The minimum atomic E-state index is 0.110. The van der Waals surface area contributed by atoms with Gasteiger partial charge in [0.1, 0.15) is 6.33 Å². The predicted molar refractivity (Wildman–Crippen MR) is 134 cm³/mol. The van der Waals surface area contributed by atoms with Gasteiger partial charge in [-0.3, -0.25) is 4.79 Å². The quantitative estimate of drug-likeness (QED) is 0.367. The van der Waals surface area contributed by atoms with E-state index in [0.717, 1.165) is 68.7 Å². The van der Waals surface area contributed by atoms with Crippen LogP contribution in [0.5, 0.6) is 0 Å². The molecule has 0 aliphatic carbocycles. The lowest BCUT2D eigenvalue weighted by Crippen LogP contribution is -2.39. The zero-order valence-corrected chi connectivity index (χ0v) is 20.7. The zero-order valence-electron chi connectivity index (χ0n) is 20.7. The van der Waals surface area contributed by atoms with Gasteiger partial charge in [-0.1, -0.05) is 19.2 Å². The molecule has 1 aromatic rings. The summed E-state index contributed by atoms with van der Waals surface area (Å²) >= 11 is 0. The Morgan fingerprint density at radius 1 is 1.29 bits per heavy atom. The third-order valence-electron chi connectivity index (χ3n) is 6.79. The zero-order chi connectivity index (χ0) is 24.5. The third kappa shape index (κ3) is 6.36. The molecule has 0 radical (unpaired) electrons. The lowest BCUT2D eigenvalue weighted by atomic mass is 9.83. The Bertz CT molecular complexity index is 940. The minimum Gasteiger partial charge on any atom is -0.378 e. The van der Waals surface area contributed by atoms with Crippen molar-refractivity contribution >= 4 is 17.9 Å². The van der Waals surface area contributed by atoms with Gasteiger partial charge in [0.25, 0.3) is 0 Å². The van der Waals surface area contributed by atoms with E-state index in [9.17, 15) is 4.79 Å². The fraction of sp³-hybridized carbons (Fsp3) is 0.560. The molecule has 9 nitrogen and oxygen atoms in total. The molecular weight excluding hydrogens is 430 g/mol. The molecule has 3 rings (SSSR count). The summed E-state index contributed by atoms with van der Waals surface area (Å²) in [4.78, 5) is 22.1. The molecule has 0 saturated carbocycles. The molecule has 1 aromatic heterocycles. The van der Waals surface area contributed by atoms with Crippen LogP contribution in [0.1, 0.15) is 39.5 Å². The molecule has 2 aliphatic rings. The maximum Gasteiger partial charge on any atom is 0.230 e. The van der Waals surface area contributed by atoms with Crippen LogP contribution in [0.2, 0.25) is 0 Å². The van der Waals surface area contributed by atoms with E-state index in [1.165, 1.54) is 11.0 Å². The van der Waals surface area contributed by atoms with Crippen molar-refractivity contribution in [2.24, 2.45) is 16.8 Å². The maximum atomic E-state index is 13.2. The predicted octanol–water partition coefficient (Wildman–Crippen LogP) is 3.18. The molecule has 34 heavy (non-hydrogen) atoms. The van der Waals surface area contributed by atoms with Crippen LogP contribution in [0.4, 0.5) is 0 Å². The van der Waals surface area contributed by atoms with Gasteiger partial charge in [0.2, 0.25) is 5.91 Å². The van der Waals surface area contributed by atoms with Crippen molar-refractivity contribution in [1.82, 2.24) is 30.0 Å². The van der Waals surface area contributed by atoms with E-state index < -0.39 is 0 Å². The Morgan fingerprint density at radius 2 is 2.06 bits per heavy atom. The number of aromatic nitrogens is 4. The van der Waals surface area contributed by atoms with Gasteiger partial charge in [-0.2, -0.15) is 4.68 Å². The van der Waals surface area contributed by atoms with Gasteiger partial charge in [-0.25, -0.2) is 4.99 Å². The molecule has 2 fully saturated rings. The summed E-state index contributed by atoms with van der Waals surface area (Å²) in [5, 5.41) is 11.1. The number of carbonyl (C=O) groups excluding carboxylic acids is 1. The van der Waals surface area contributed by atoms with Crippen molar-refractivity contribution in [3.8, 4) is 0 Å². The van der Waals surface area contributed by atoms with Gasteiger partial charge in [0.05, 0.1) is 6.61 Å². The highest BCUT2D eigenvalue weighted by Gasteiger charge is 2.39. The number of hydrogen-bond donors (Lipinski definition) is 0. The van der Waals surface area contributed by atoms with Gasteiger partial charge in [-0.05, 0) is 86.2 Å². The molecule has 3 heterocycles. The normalized spacial score (nSPS) is 21.4. The second kappa shape index (κ2) is 12.5. The van der Waals surface area contributed by atoms with E-state index in [-0.39, 0.29) is 11.8 Å². The van der Waals surface area contributed by atoms with Crippen LogP contribution < -0.4 is 0 Å². The van der Waals surface area contributed by atoms with E-state index in [2.05, 4.69) is 38.6 Å². The second-order valence-electron chi connectivity index (χ2n) is 8.90. The molecule has 1 atom stereocenters. The van der Waals surface area contributed by atoms with E-state index in [0.29, 0.717) is 18.3 Å². The van der Waals surface area contributed by atoms with Gasteiger partial charge in [0, 0.05) is 38.0 Å². The van der Waals surface area contributed by atoms with Crippen LogP contribution in [-0.4, -0.2) is 82.0 Å². The number of piperidine rings is 1. The first-order chi connectivity index (χ1) is 16.5. The van der Waals surface area contributed by atoms with E-state index in [1.807, 2.05) is 24.8 Å². The van der Waals surface area contributed by atoms with Gasteiger partial charge < -0.3 is 14.5 Å². The Balaban J connectivity index is 1.45. The summed E-state index contributed by atoms with van der Waals surface area (Å²) in [7, 11) is 1.67. The number of carbonyl (C=O) groups is 1. The molecule has 1 amide bonds. The summed E-state index contributed by atoms with van der Waals surface area (Å²) in [6, 6.07) is 0. The summed E-state index contributed by atoms with van der Waals surface area (Å²) in [6.45, 7) is 16.1. The fourth-order valence-electron chi connectivity index (χ4n) is 4.70. The van der Waals surface area contributed by atoms with Gasteiger partial charge >= 0.3 is 0 Å². The molecule has 0 aromatic carbocycles. The standard InChI is InChI=1S/C25H37N7O2/c1-6-20(4)23(17-34-5)31-15-11-22(25(31)33)21-9-13-30(14-10-21)12-8-19(3)16-26-24(7-2)32-18-27-28-29-32/h6-7,16,18,21-22H,1,3,8-15,17H2,2,4-5H3/b23-20+,24-7+,26-16?. The van der Waals surface area contributed by atoms with Gasteiger partial charge in [-0.15, -0.1) is 5.10 Å². The van der Waals surface area contributed by atoms with Crippen LogP contribution in [0.15, 0.2) is 53.5 Å². The average molecular weight is 468 g/mol. The maximum absolute atomic E-state index is 13.2. The largest absolute Gasteiger partial charge is 0.378 e. The molecule has 2 aliphatic heterocycles. The molecule has 0 N–H and O–H groups in total. The lowest BCUT2D eigenvalue weighted by Gasteiger charge is -2.34. The number of methoxy groups -OCH3 is 1.